The van der Waals surface area contributed by atoms with Gasteiger partial charge in [-0.1, -0.05) is 13.8 Å². The first-order valence-corrected chi connectivity index (χ1v) is 7.75. The fourth-order valence-electron chi connectivity index (χ4n) is 2.99. The monoisotopic (exact) mass is 301 g/mol. The number of nitrogens with one attached hydrogen (secondary N) is 1. The second-order valence-corrected chi connectivity index (χ2v) is 6.30. The molecule has 1 atom stereocenters. The Kier molecular flexibility index (Phi) is 4.44. The second-order valence-electron chi connectivity index (χ2n) is 6.30. The first-order valence-electron chi connectivity index (χ1n) is 7.75. The summed E-state index contributed by atoms with van der Waals surface area (Å²) in [6, 6.07) is 4.67. The molecule has 1 saturated heterocycles. The van der Waals surface area contributed by atoms with E-state index in [9.17, 15) is 0 Å². The van der Waals surface area contributed by atoms with Gasteiger partial charge in [0.25, 0.3) is 0 Å². The molecule has 1 N–H and O–H groups in total. The van der Waals surface area contributed by atoms with Crippen molar-refractivity contribution >= 4 is 0 Å². The molecule has 0 aliphatic carbocycles. The third-order valence-corrected chi connectivity index (χ3v) is 4.36. The van der Waals surface area contributed by atoms with Crippen LogP contribution in [-0.4, -0.2) is 68.1 Å². The summed E-state index contributed by atoms with van der Waals surface area (Å²) in [5.74, 6) is 1.25. The number of aromatic nitrogens is 5. The maximum Gasteiger partial charge on any atom is 0.206 e. The Morgan fingerprint density at radius 2 is 2.18 bits per heavy atom. The molecule has 0 unspecified atom stereocenters. The van der Waals surface area contributed by atoms with Crippen molar-refractivity contribution < 1.29 is 0 Å². The molecule has 7 heteroatoms. The van der Waals surface area contributed by atoms with E-state index < -0.39 is 0 Å². The number of pyridine rings is 1. The molecule has 2 aromatic heterocycles. The maximum absolute atomic E-state index is 4.54. The molecule has 1 aliphatic heterocycles. The number of rotatable bonds is 4. The minimum absolute atomic E-state index is 0.582. The van der Waals surface area contributed by atoms with Gasteiger partial charge >= 0.3 is 0 Å². The van der Waals surface area contributed by atoms with E-state index in [0.717, 1.165) is 37.4 Å². The number of tetrazole rings is 1. The van der Waals surface area contributed by atoms with Gasteiger partial charge in [0.2, 0.25) is 5.82 Å². The van der Waals surface area contributed by atoms with Crippen LogP contribution in [0.25, 0.3) is 11.4 Å². The lowest BCUT2D eigenvalue weighted by atomic mass is 10.00. The molecule has 0 spiro atoms. The molecule has 7 nitrogen and oxygen atoms in total. The Labute approximate surface area is 130 Å². The molecule has 1 aliphatic rings. The van der Waals surface area contributed by atoms with Crippen LogP contribution in [0.15, 0.2) is 18.3 Å². The van der Waals surface area contributed by atoms with Gasteiger partial charge in [0.15, 0.2) is 0 Å². The third-order valence-electron chi connectivity index (χ3n) is 4.36. The lowest BCUT2D eigenvalue weighted by molar-refractivity contribution is 0.0649. The quantitative estimate of drug-likeness (QED) is 0.909. The van der Waals surface area contributed by atoms with Crippen LogP contribution in [0.4, 0.5) is 0 Å². The number of likely N-dealkylation sites (N-methyl/N-ethyl adjacent to an activating group) is 1. The van der Waals surface area contributed by atoms with Gasteiger partial charge in [-0.05, 0) is 30.3 Å². The number of aromatic amines is 1. The highest BCUT2D eigenvalue weighted by molar-refractivity contribution is 5.51. The predicted molar refractivity (Wildman–Crippen MR) is 83.9 cm³/mol. The predicted octanol–water partition coefficient (Wildman–Crippen LogP) is 1.03. The Balaban J connectivity index is 1.63. The summed E-state index contributed by atoms with van der Waals surface area (Å²) in [4.78, 5) is 9.49. The van der Waals surface area contributed by atoms with E-state index in [-0.39, 0.29) is 0 Å². The van der Waals surface area contributed by atoms with Gasteiger partial charge in [-0.25, -0.2) is 0 Å². The minimum Gasteiger partial charge on any atom is -0.301 e. The number of nitrogens with zero attached hydrogens (tertiary/aromatic N) is 6. The van der Waals surface area contributed by atoms with Crippen LogP contribution >= 0.6 is 0 Å². The largest absolute Gasteiger partial charge is 0.301 e. The van der Waals surface area contributed by atoms with Crippen LogP contribution in [0.3, 0.4) is 0 Å². The van der Waals surface area contributed by atoms with Gasteiger partial charge in [-0.3, -0.25) is 9.88 Å². The van der Waals surface area contributed by atoms with Gasteiger partial charge in [-0.2, -0.15) is 5.21 Å². The molecular formula is C15H23N7. The third kappa shape index (κ3) is 3.31. The van der Waals surface area contributed by atoms with Crippen molar-refractivity contribution in [3.05, 3.63) is 24.0 Å². The van der Waals surface area contributed by atoms with E-state index in [1.165, 1.54) is 0 Å². The summed E-state index contributed by atoms with van der Waals surface area (Å²) in [7, 11) is 2.22. The zero-order valence-corrected chi connectivity index (χ0v) is 13.4. The van der Waals surface area contributed by atoms with Crippen molar-refractivity contribution in [3.8, 4) is 11.4 Å². The normalized spacial score (nSPS) is 20.6. The van der Waals surface area contributed by atoms with Crippen LogP contribution in [0, 0.1) is 5.92 Å². The zero-order valence-electron chi connectivity index (χ0n) is 13.4. The molecule has 3 rings (SSSR count). The molecule has 0 bridgehead atoms. The van der Waals surface area contributed by atoms with E-state index in [4.69, 9.17) is 0 Å². The average Bonchev–Trinajstić information content (AvgIpc) is 3.04. The average molecular weight is 301 g/mol. The lowest BCUT2D eigenvalue weighted by Gasteiger charge is -2.41. The molecule has 22 heavy (non-hydrogen) atoms. The molecule has 0 saturated carbocycles. The molecule has 2 aromatic rings. The number of hydrogen-bond donors (Lipinski definition) is 1. The van der Waals surface area contributed by atoms with E-state index in [1.54, 1.807) is 0 Å². The SMILES string of the molecule is CC(C)[C@H]1CN(Cc2ccc(-c3nn[nH]n3)cn2)CCN1C. The van der Waals surface area contributed by atoms with Crippen LogP contribution in [0.1, 0.15) is 19.5 Å². The van der Waals surface area contributed by atoms with Gasteiger partial charge in [0, 0.05) is 44.0 Å². The van der Waals surface area contributed by atoms with Crippen molar-refractivity contribution in [2.75, 3.05) is 26.7 Å². The summed E-state index contributed by atoms with van der Waals surface area (Å²) in [5, 5.41) is 14.0. The number of H-pyrrole nitrogens is 1. The Hall–Kier alpha value is -1.86. The highest BCUT2D eigenvalue weighted by atomic mass is 15.5. The summed E-state index contributed by atoms with van der Waals surface area (Å²) in [6.07, 6.45) is 1.82. The highest BCUT2D eigenvalue weighted by Crippen LogP contribution is 2.18. The molecule has 3 heterocycles. The smallest absolute Gasteiger partial charge is 0.206 e. The fraction of sp³-hybridized carbons (Fsp3) is 0.600. The first kappa shape index (κ1) is 15.1. The lowest BCUT2D eigenvalue weighted by Crippen LogP contribution is -2.53. The molecule has 1 fully saturated rings. The van der Waals surface area contributed by atoms with Crippen molar-refractivity contribution in [1.82, 2.24) is 35.4 Å². The van der Waals surface area contributed by atoms with Gasteiger partial charge in [0.1, 0.15) is 0 Å². The minimum atomic E-state index is 0.582. The van der Waals surface area contributed by atoms with Crippen molar-refractivity contribution in [1.29, 1.82) is 0 Å². The van der Waals surface area contributed by atoms with Crippen LogP contribution in [0.2, 0.25) is 0 Å². The molecule has 0 radical (unpaired) electrons. The van der Waals surface area contributed by atoms with Crippen molar-refractivity contribution in [3.63, 3.8) is 0 Å². The van der Waals surface area contributed by atoms with Crippen LogP contribution in [-0.2, 0) is 6.54 Å². The Morgan fingerprint density at radius 3 is 2.82 bits per heavy atom. The van der Waals surface area contributed by atoms with E-state index in [2.05, 4.69) is 56.3 Å². The molecule has 0 aromatic carbocycles. The van der Waals surface area contributed by atoms with Gasteiger partial charge in [-0.15, -0.1) is 10.2 Å². The Morgan fingerprint density at radius 1 is 1.32 bits per heavy atom. The van der Waals surface area contributed by atoms with E-state index in [0.29, 0.717) is 17.8 Å². The van der Waals surface area contributed by atoms with Crippen LogP contribution < -0.4 is 0 Å². The van der Waals surface area contributed by atoms with Crippen molar-refractivity contribution in [2.24, 2.45) is 5.92 Å². The summed E-state index contributed by atoms with van der Waals surface area (Å²) in [6.45, 7) is 8.79. The van der Waals surface area contributed by atoms with Gasteiger partial charge < -0.3 is 4.90 Å². The maximum atomic E-state index is 4.54. The summed E-state index contributed by atoms with van der Waals surface area (Å²) < 4.78 is 0. The number of piperazine rings is 1. The molecular weight excluding hydrogens is 278 g/mol. The van der Waals surface area contributed by atoms with Crippen LogP contribution in [0.5, 0.6) is 0 Å². The second kappa shape index (κ2) is 6.50. The van der Waals surface area contributed by atoms with Gasteiger partial charge in [0.05, 0.1) is 5.69 Å². The fourth-order valence-corrected chi connectivity index (χ4v) is 2.99. The van der Waals surface area contributed by atoms with E-state index >= 15 is 0 Å². The standard InChI is InChI=1S/C15H23N7/c1-11(2)14-10-22(7-6-21(14)3)9-13-5-4-12(8-16-13)15-17-19-20-18-15/h4-5,8,11,14H,6-7,9-10H2,1-3H3,(H,17,18,19,20)/t14-/m1/s1. The molecule has 0 amide bonds. The van der Waals surface area contributed by atoms with E-state index in [1.807, 2.05) is 18.3 Å². The Bertz CT molecular complexity index is 578. The zero-order chi connectivity index (χ0) is 15.5. The highest BCUT2D eigenvalue weighted by Gasteiger charge is 2.26. The summed E-state index contributed by atoms with van der Waals surface area (Å²) in [5.41, 5.74) is 1.97. The topological polar surface area (TPSA) is 73.8 Å². The first-order chi connectivity index (χ1) is 10.6. The summed E-state index contributed by atoms with van der Waals surface area (Å²) >= 11 is 0. The number of hydrogen-bond acceptors (Lipinski definition) is 6. The molecule has 118 valence electrons. The van der Waals surface area contributed by atoms with Crippen molar-refractivity contribution in [2.45, 2.75) is 26.4 Å².